The Morgan fingerprint density at radius 1 is 1.03 bits per heavy atom. The van der Waals surface area contributed by atoms with Crippen molar-refractivity contribution in [3.8, 4) is 11.5 Å². The standard InChI is InChI=1S/C22H29N5O2/c1-4-6-13-27-22(24-25-26-27)23-15-18-11-12-20(21(14-18)28-5-2)29-16-19-10-8-7-9-17(19)3/h7-12,14H,4-6,13,15-16H2,1-3H3,(H,23,24,26). The molecule has 154 valence electrons. The van der Waals surface area contributed by atoms with Crippen molar-refractivity contribution in [1.29, 1.82) is 0 Å². The second kappa shape index (κ2) is 10.5. The third kappa shape index (κ3) is 5.70. The fraction of sp³-hybridized carbons (Fsp3) is 0.409. The van der Waals surface area contributed by atoms with Gasteiger partial charge >= 0.3 is 0 Å². The third-order valence-electron chi connectivity index (χ3n) is 4.66. The summed E-state index contributed by atoms with van der Waals surface area (Å²) in [6.45, 7) is 8.70. The topological polar surface area (TPSA) is 74.1 Å². The molecule has 0 amide bonds. The summed E-state index contributed by atoms with van der Waals surface area (Å²) in [5.41, 5.74) is 3.45. The van der Waals surface area contributed by atoms with Gasteiger partial charge < -0.3 is 14.8 Å². The Kier molecular flexibility index (Phi) is 7.44. The number of tetrazole rings is 1. The number of aromatic nitrogens is 4. The van der Waals surface area contributed by atoms with Gasteiger partial charge in [0, 0.05) is 13.1 Å². The number of hydrogen-bond donors (Lipinski definition) is 1. The molecule has 0 aliphatic rings. The number of ether oxygens (including phenoxy) is 2. The number of benzene rings is 2. The summed E-state index contributed by atoms with van der Waals surface area (Å²) in [6, 6.07) is 14.2. The first-order chi connectivity index (χ1) is 14.2. The molecule has 0 saturated carbocycles. The van der Waals surface area contributed by atoms with Gasteiger partial charge in [0.05, 0.1) is 6.61 Å². The lowest BCUT2D eigenvalue weighted by atomic mass is 10.1. The second-order valence-corrected chi connectivity index (χ2v) is 6.86. The minimum atomic E-state index is 0.510. The van der Waals surface area contributed by atoms with E-state index in [1.54, 1.807) is 4.68 Å². The number of aryl methyl sites for hydroxylation is 2. The van der Waals surface area contributed by atoms with E-state index < -0.39 is 0 Å². The monoisotopic (exact) mass is 395 g/mol. The maximum absolute atomic E-state index is 6.04. The molecule has 0 radical (unpaired) electrons. The maximum atomic E-state index is 6.04. The summed E-state index contributed by atoms with van der Waals surface area (Å²) < 4.78 is 13.7. The number of nitrogens with zero attached hydrogens (tertiary/aromatic N) is 4. The molecule has 0 aliphatic heterocycles. The number of unbranched alkanes of at least 4 members (excludes halogenated alkanes) is 1. The summed E-state index contributed by atoms with van der Waals surface area (Å²) in [7, 11) is 0. The predicted octanol–water partition coefficient (Wildman–Crippen LogP) is 4.37. The molecule has 7 nitrogen and oxygen atoms in total. The van der Waals surface area contributed by atoms with Crippen molar-refractivity contribution >= 4 is 5.95 Å². The lowest BCUT2D eigenvalue weighted by Crippen LogP contribution is -2.09. The number of nitrogens with one attached hydrogen (secondary N) is 1. The van der Waals surface area contributed by atoms with Crippen molar-refractivity contribution in [2.45, 2.75) is 53.3 Å². The summed E-state index contributed by atoms with van der Waals surface area (Å²) in [5, 5.41) is 15.2. The van der Waals surface area contributed by atoms with Gasteiger partial charge in [-0.1, -0.05) is 48.8 Å². The van der Waals surface area contributed by atoms with Crippen LogP contribution in [0.25, 0.3) is 0 Å². The second-order valence-electron chi connectivity index (χ2n) is 6.86. The maximum Gasteiger partial charge on any atom is 0.243 e. The Balaban J connectivity index is 1.66. The zero-order chi connectivity index (χ0) is 20.5. The first-order valence-corrected chi connectivity index (χ1v) is 10.1. The molecule has 7 heteroatoms. The van der Waals surface area contributed by atoms with Crippen LogP contribution in [0.1, 0.15) is 43.4 Å². The SMILES string of the molecule is CCCCn1nnnc1NCc1ccc(OCc2ccccc2C)c(OCC)c1. The number of anilines is 1. The highest BCUT2D eigenvalue weighted by Gasteiger charge is 2.10. The highest BCUT2D eigenvalue weighted by molar-refractivity contribution is 5.44. The zero-order valence-corrected chi connectivity index (χ0v) is 17.4. The predicted molar refractivity (Wildman–Crippen MR) is 113 cm³/mol. The summed E-state index contributed by atoms with van der Waals surface area (Å²) in [6.07, 6.45) is 2.14. The number of hydrogen-bond acceptors (Lipinski definition) is 6. The highest BCUT2D eigenvalue weighted by atomic mass is 16.5. The van der Waals surface area contributed by atoms with Gasteiger partial charge in [-0.05, 0) is 59.5 Å². The van der Waals surface area contributed by atoms with Crippen LogP contribution in [0, 0.1) is 6.92 Å². The minimum Gasteiger partial charge on any atom is -0.490 e. The molecule has 1 heterocycles. The average Bonchev–Trinajstić information content (AvgIpc) is 3.18. The Labute approximate surface area is 172 Å². The van der Waals surface area contributed by atoms with Crippen molar-refractivity contribution in [2.24, 2.45) is 0 Å². The van der Waals surface area contributed by atoms with Crippen LogP contribution >= 0.6 is 0 Å². The molecular formula is C22H29N5O2. The fourth-order valence-electron chi connectivity index (χ4n) is 2.95. The van der Waals surface area contributed by atoms with Gasteiger partial charge in [0.15, 0.2) is 11.5 Å². The van der Waals surface area contributed by atoms with Crippen LogP contribution < -0.4 is 14.8 Å². The van der Waals surface area contributed by atoms with E-state index in [2.05, 4.69) is 46.8 Å². The Bertz CT molecular complexity index is 910. The van der Waals surface area contributed by atoms with Crippen molar-refractivity contribution < 1.29 is 9.47 Å². The molecule has 0 fully saturated rings. The van der Waals surface area contributed by atoms with Gasteiger partial charge in [-0.15, -0.1) is 0 Å². The fourth-order valence-corrected chi connectivity index (χ4v) is 2.95. The first-order valence-electron chi connectivity index (χ1n) is 10.1. The Morgan fingerprint density at radius 3 is 2.69 bits per heavy atom. The highest BCUT2D eigenvalue weighted by Crippen LogP contribution is 2.30. The van der Waals surface area contributed by atoms with Crippen LogP contribution in [-0.2, 0) is 19.7 Å². The Hall–Kier alpha value is -3.09. The molecule has 3 aromatic rings. The molecule has 1 aromatic heterocycles. The van der Waals surface area contributed by atoms with Crippen LogP contribution in [0.15, 0.2) is 42.5 Å². The quantitative estimate of drug-likeness (QED) is 0.520. The lowest BCUT2D eigenvalue weighted by molar-refractivity contribution is 0.268. The van der Waals surface area contributed by atoms with Gasteiger partial charge in [0.2, 0.25) is 5.95 Å². The van der Waals surface area contributed by atoms with Crippen LogP contribution in [0.5, 0.6) is 11.5 Å². The molecule has 2 aromatic carbocycles. The molecule has 0 aliphatic carbocycles. The minimum absolute atomic E-state index is 0.510. The first kappa shape index (κ1) is 20.6. The van der Waals surface area contributed by atoms with Gasteiger partial charge in [-0.2, -0.15) is 0 Å². The normalized spacial score (nSPS) is 10.7. The molecule has 1 N–H and O–H groups in total. The van der Waals surface area contributed by atoms with E-state index in [1.807, 2.05) is 37.3 Å². The van der Waals surface area contributed by atoms with Crippen LogP contribution in [0.4, 0.5) is 5.95 Å². The Morgan fingerprint density at radius 2 is 1.90 bits per heavy atom. The summed E-state index contributed by atoms with van der Waals surface area (Å²) in [4.78, 5) is 0. The van der Waals surface area contributed by atoms with E-state index in [9.17, 15) is 0 Å². The van der Waals surface area contributed by atoms with E-state index in [-0.39, 0.29) is 0 Å². The van der Waals surface area contributed by atoms with E-state index >= 15 is 0 Å². The van der Waals surface area contributed by atoms with Crippen LogP contribution in [0.2, 0.25) is 0 Å². The largest absolute Gasteiger partial charge is 0.490 e. The molecule has 0 bridgehead atoms. The number of rotatable bonds is 11. The lowest BCUT2D eigenvalue weighted by Gasteiger charge is -2.15. The summed E-state index contributed by atoms with van der Waals surface area (Å²) in [5.74, 6) is 2.16. The zero-order valence-electron chi connectivity index (χ0n) is 17.4. The molecule has 0 spiro atoms. The van der Waals surface area contributed by atoms with Gasteiger partial charge in [-0.25, -0.2) is 4.68 Å². The third-order valence-corrected chi connectivity index (χ3v) is 4.66. The van der Waals surface area contributed by atoms with Crippen molar-refractivity contribution in [3.05, 3.63) is 59.2 Å². The van der Waals surface area contributed by atoms with E-state index in [0.717, 1.165) is 36.4 Å². The average molecular weight is 396 g/mol. The van der Waals surface area contributed by atoms with Crippen LogP contribution in [0.3, 0.4) is 0 Å². The molecule has 3 rings (SSSR count). The van der Waals surface area contributed by atoms with Gasteiger partial charge in [-0.3, -0.25) is 0 Å². The van der Waals surface area contributed by atoms with Crippen molar-refractivity contribution in [3.63, 3.8) is 0 Å². The van der Waals surface area contributed by atoms with E-state index in [4.69, 9.17) is 9.47 Å². The molecule has 29 heavy (non-hydrogen) atoms. The van der Waals surface area contributed by atoms with Gasteiger partial charge in [0.1, 0.15) is 6.61 Å². The van der Waals surface area contributed by atoms with E-state index in [0.29, 0.717) is 25.7 Å². The summed E-state index contributed by atoms with van der Waals surface area (Å²) >= 11 is 0. The van der Waals surface area contributed by atoms with Crippen molar-refractivity contribution in [1.82, 2.24) is 20.2 Å². The van der Waals surface area contributed by atoms with E-state index in [1.165, 1.54) is 11.1 Å². The molecular weight excluding hydrogens is 366 g/mol. The molecule has 0 saturated heterocycles. The molecule has 0 atom stereocenters. The molecule has 0 unspecified atom stereocenters. The van der Waals surface area contributed by atoms with Gasteiger partial charge in [0.25, 0.3) is 0 Å². The smallest absolute Gasteiger partial charge is 0.243 e. The van der Waals surface area contributed by atoms with Crippen molar-refractivity contribution in [2.75, 3.05) is 11.9 Å². The van der Waals surface area contributed by atoms with Crippen LogP contribution in [-0.4, -0.2) is 26.8 Å².